The molecule has 0 amide bonds. The zero-order valence-electron chi connectivity index (χ0n) is 19.7. The Hall–Kier alpha value is -2.68. The number of methoxy groups -OCH3 is 1. The number of allylic oxidation sites excluding steroid dienone is 2. The zero-order chi connectivity index (χ0) is 26.0. The standard InChI is InChI=1S/C26H24BrCl2NO6/c1-3-34-20-11-14(10-15(27)24(20)35-12-13-7-8-16(28)17(29)9-13)21-22-18(31)5-4-6-19(22)36-25(30)23(21)26(32)33-2/h7-11,21H,3-6,12,30H2,1-2H3/t21-/m0/s1. The van der Waals surface area contributed by atoms with Gasteiger partial charge in [-0.25, -0.2) is 4.79 Å². The van der Waals surface area contributed by atoms with Crippen molar-refractivity contribution in [3.05, 3.63) is 78.8 Å². The van der Waals surface area contributed by atoms with Crippen molar-refractivity contribution >= 4 is 50.9 Å². The number of carbonyl (C=O) groups is 2. The number of Topliss-reactive ketones (excluding diaryl/α,β-unsaturated/α-hetero) is 1. The second kappa shape index (κ2) is 11.2. The lowest BCUT2D eigenvalue weighted by molar-refractivity contribution is -0.136. The molecule has 7 nitrogen and oxygen atoms in total. The van der Waals surface area contributed by atoms with E-state index in [9.17, 15) is 9.59 Å². The quantitative estimate of drug-likeness (QED) is 0.380. The minimum Gasteiger partial charge on any atom is -0.490 e. The van der Waals surface area contributed by atoms with Gasteiger partial charge in [0.2, 0.25) is 5.88 Å². The fourth-order valence-electron chi connectivity index (χ4n) is 4.34. The monoisotopic (exact) mass is 595 g/mol. The highest BCUT2D eigenvalue weighted by atomic mass is 79.9. The van der Waals surface area contributed by atoms with E-state index in [1.54, 1.807) is 24.3 Å². The van der Waals surface area contributed by atoms with E-state index in [0.717, 1.165) is 5.56 Å². The van der Waals surface area contributed by atoms with Gasteiger partial charge >= 0.3 is 5.97 Å². The molecule has 2 aromatic rings. The third-order valence-electron chi connectivity index (χ3n) is 5.92. The maximum atomic E-state index is 13.0. The van der Waals surface area contributed by atoms with Gasteiger partial charge in [0.15, 0.2) is 17.3 Å². The number of halogens is 3. The van der Waals surface area contributed by atoms with Crippen LogP contribution in [0.1, 0.15) is 43.2 Å². The number of benzene rings is 2. The Morgan fingerprint density at radius 1 is 1.17 bits per heavy atom. The first kappa shape index (κ1) is 26.4. The van der Waals surface area contributed by atoms with Gasteiger partial charge in [-0.2, -0.15) is 0 Å². The zero-order valence-corrected chi connectivity index (χ0v) is 22.8. The first-order valence-corrected chi connectivity index (χ1v) is 12.8. The van der Waals surface area contributed by atoms with Crippen LogP contribution in [0.2, 0.25) is 10.0 Å². The van der Waals surface area contributed by atoms with Crippen LogP contribution in [0.5, 0.6) is 11.5 Å². The van der Waals surface area contributed by atoms with Crippen molar-refractivity contribution in [3.63, 3.8) is 0 Å². The minimum absolute atomic E-state index is 0.0744. The molecule has 2 N–H and O–H groups in total. The first-order valence-electron chi connectivity index (χ1n) is 11.3. The van der Waals surface area contributed by atoms with Crippen molar-refractivity contribution < 1.29 is 28.5 Å². The summed E-state index contributed by atoms with van der Waals surface area (Å²) in [5, 5.41) is 0.884. The molecule has 0 bridgehead atoms. The Kier molecular flexibility index (Phi) is 8.17. The van der Waals surface area contributed by atoms with Gasteiger partial charge in [0.25, 0.3) is 0 Å². The summed E-state index contributed by atoms with van der Waals surface area (Å²) in [7, 11) is 1.26. The molecule has 0 unspecified atom stereocenters. The third-order valence-corrected chi connectivity index (χ3v) is 7.25. The van der Waals surface area contributed by atoms with Crippen LogP contribution in [0.3, 0.4) is 0 Å². The number of hydrogen-bond donors (Lipinski definition) is 1. The minimum atomic E-state index is -0.770. The van der Waals surface area contributed by atoms with Gasteiger partial charge in [-0.1, -0.05) is 29.3 Å². The molecule has 1 aliphatic carbocycles. The van der Waals surface area contributed by atoms with E-state index in [-0.39, 0.29) is 23.8 Å². The lowest BCUT2D eigenvalue weighted by Crippen LogP contribution is -2.31. The Morgan fingerprint density at radius 2 is 1.94 bits per heavy atom. The van der Waals surface area contributed by atoms with Crippen LogP contribution in [0, 0.1) is 0 Å². The molecule has 1 aliphatic heterocycles. The Labute approximate surface area is 227 Å². The Morgan fingerprint density at radius 3 is 2.64 bits per heavy atom. The fraction of sp³-hybridized carbons (Fsp3) is 0.308. The van der Waals surface area contributed by atoms with Crippen LogP contribution >= 0.6 is 39.1 Å². The van der Waals surface area contributed by atoms with Gasteiger partial charge in [-0.05, 0) is 64.7 Å². The maximum Gasteiger partial charge on any atom is 0.340 e. The molecule has 190 valence electrons. The molecular formula is C26H24BrCl2NO6. The van der Waals surface area contributed by atoms with Gasteiger partial charge in [0, 0.05) is 18.4 Å². The number of carbonyl (C=O) groups excluding carboxylic acids is 2. The van der Waals surface area contributed by atoms with Crippen molar-refractivity contribution in [2.45, 2.75) is 38.7 Å². The van der Waals surface area contributed by atoms with Crippen LogP contribution < -0.4 is 15.2 Å². The molecule has 0 spiro atoms. The van der Waals surface area contributed by atoms with E-state index >= 15 is 0 Å². The van der Waals surface area contributed by atoms with Crippen molar-refractivity contribution in [1.82, 2.24) is 0 Å². The van der Waals surface area contributed by atoms with Crippen molar-refractivity contribution in [2.75, 3.05) is 13.7 Å². The molecule has 36 heavy (non-hydrogen) atoms. The van der Waals surface area contributed by atoms with E-state index in [1.165, 1.54) is 7.11 Å². The molecule has 10 heteroatoms. The fourth-order valence-corrected chi connectivity index (χ4v) is 5.24. The lowest BCUT2D eigenvalue weighted by atomic mass is 9.77. The summed E-state index contributed by atoms with van der Waals surface area (Å²) in [4.78, 5) is 25.8. The molecule has 0 aromatic heterocycles. The van der Waals surface area contributed by atoms with Gasteiger partial charge in [-0.3, -0.25) is 4.79 Å². The number of esters is 1. The Bertz CT molecular complexity index is 1290. The highest BCUT2D eigenvalue weighted by Crippen LogP contribution is 2.47. The number of hydrogen-bond acceptors (Lipinski definition) is 7. The SMILES string of the molecule is CCOc1cc([C@@H]2C(C(=O)OC)=C(N)OC3=C2C(=O)CCC3)cc(Br)c1OCc1ccc(Cl)c(Cl)c1. The van der Waals surface area contributed by atoms with E-state index in [4.69, 9.17) is 47.9 Å². The third kappa shape index (κ3) is 5.21. The lowest BCUT2D eigenvalue weighted by Gasteiger charge is -2.32. The summed E-state index contributed by atoms with van der Waals surface area (Å²) >= 11 is 15.7. The van der Waals surface area contributed by atoms with Crippen molar-refractivity contribution in [1.29, 1.82) is 0 Å². The second-order valence-corrected chi connectivity index (χ2v) is 9.89. The number of nitrogens with two attached hydrogens (primary N) is 1. The molecule has 2 aliphatic rings. The number of ether oxygens (including phenoxy) is 4. The molecule has 0 radical (unpaired) electrons. The normalized spacial score (nSPS) is 17.5. The van der Waals surface area contributed by atoms with E-state index in [1.807, 2.05) is 13.0 Å². The molecule has 1 heterocycles. The summed E-state index contributed by atoms with van der Waals surface area (Å²) in [5.41, 5.74) is 8.08. The summed E-state index contributed by atoms with van der Waals surface area (Å²) < 4.78 is 23.2. The van der Waals surface area contributed by atoms with E-state index in [2.05, 4.69) is 15.9 Å². The smallest absolute Gasteiger partial charge is 0.340 e. The number of rotatable bonds is 7. The largest absolute Gasteiger partial charge is 0.490 e. The maximum absolute atomic E-state index is 13.0. The molecular weight excluding hydrogens is 573 g/mol. The van der Waals surface area contributed by atoms with Gasteiger partial charge in [0.05, 0.1) is 34.2 Å². The van der Waals surface area contributed by atoms with E-state index in [0.29, 0.717) is 68.8 Å². The first-order chi connectivity index (χ1) is 17.2. The Balaban J connectivity index is 1.78. The molecule has 0 saturated heterocycles. The van der Waals surface area contributed by atoms with Crippen LogP contribution in [0.25, 0.3) is 0 Å². The second-order valence-electron chi connectivity index (χ2n) is 8.22. The van der Waals surface area contributed by atoms with Crippen LogP contribution in [-0.2, 0) is 25.7 Å². The summed E-state index contributed by atoms with van der Waals surface area (Å²) in [6.45, 7) is 2.42. The van der Waals surface area contributed by atoms with Crippen molar-refractivity contribution in [2.24, 2.45) is 5.73 Å². The van der Waals surface area contributed by atoms with Gasteiger partial charge in [-0.15, -0.1) is 0 Å². The molecule has 0 saturated carbocycles. The average molecular weight is 597 g/mol. The van der Waals surface area contributed by atoms with Crippen LogP contribution in [0.15, 0.2) is 57.6 Å². The molecule has 1 atom stereocenters. The van der Waals surface area contributed by atoms with Crippen LogP contribution in [0.4, 0.5) is 0 Å². The molecule has 2 aromatic carbocycles. The summed E-state index contributed by atoms with van der Waals surface area (Å²) in [6, 6.07) is 8.78. The predicted octanol–water partition coefficient (Wildman–Crippen LogP) is 6.20. The highest BCUT2D eigenvalue weighted by Gasteiger charge is 2.41. The summed E-state index contributed by atoms with van der Waals surface area (Å²) in [6.07, 6.45) is 1.56. The van der Waals surface area contributed by atoms with Crippen LogP contribution in [-0.4, -0.2) is 25.5 Å². The predicted molar refractivity (Wildman–Crippen MR) is 139 cm³/mol. The molecule has 0 fully saturated rings. The van der Waals surface area contributed by atoms with Gasteiger partial charge < -0.3 is 24.7 Å². The van der Waals surface area contributed by atoms with Crippen molar-refractivity contribution in [3.8, 4) is 11.5 Å². The molecule has 4 rings (SSSR count). The van der Waals surface area contributed by atoms with E-state index < -0.39 is 11.9 Å². The highest BCUT2D eigenvalue weighted by molar-refractivity contribution is 9.10. The number of ketones is 1. The summed E-state index contributed by atoms with van der Waals surface area (Å²) in [5.74, 6) is -0.236. The van der Waals surface area contributed by atoms with Gasteiger partial charge in [0.1, 0.15) is 17.9 Å². The topological polar surface area (TPSA) is 97.1 Å². The average Bonchev–Trinajstić information content (AvgIpc) is 2.84.